The van der Waals surface area contributed by atoms with Crippen molar-refractivity contribution < 1.29 is 43.2 Å². The zero-order valence-electron chi connectivity index (χ0n) is 55.9. The summed E-state index contributed by atoms with van der Waals surface area (Å²) in [4.78, 5) is 82.6. The van der Waals surface area contributed by atoms with Gasteiger partial charge in [0.2, 0.25) is 11.9 Å². The lowest BCUT2D eigenvalue weighted by Gasteiger charge is -2.39. The maximum atomic E-state index is 13.5. The van der Waals surface area contributed by atoms with Crippen LogP contribution in [0.4, 0.5) is 47.4 Å². The number of pyridine rings is 2. The second-order valence-electron chi connectivity index (χ2n) is 25.8. The van der Waals surface area contributed by atoms with E-state index in [1.165, 1.54) is 46.9 Å². The molecule has 14 rings (SSSR count). The van der Waals surface area contributed by atoms with Gasteiger partial charge in [0, 0.05) is 142 Å². The molecule has 4 atom stereocenters. The molecule has 30 heteroatoms. The van der Waals surface area contributed by atoms with Crippen molar-refractivity contribution in [2.45, 2.75) is 110 Å². The summed E-state index contributed by atoms with van der Waals surface area (Å²) < 4.78 is 36.1. The molecule has 26 nitrogen and oxygen atoms in total. The number of likely N-dealkylation sites (tertiary alicyclic amines) is 1. The summed E-state index contributed by atoms with van der Waals surface area (Å²) in [5, 5.41) is 51.9. The van der Waals surface area contributed by atoms with E-state index < -0.39 is 35.9 Å². The minimum absolute atomic E-state index is 0. The van der Waals surface area contributed by atoms with Crippen LogP contribution >= 0.6 is 22.7 Å². The number of anilines is 6. The third-order valence-corrected chi connectivity index (χ3v) is 19.5. The van der Waals surface area contributed by atoms with Gasteiger partial charge < -0.3 is 50.7 Å². The van der Waals surface area contributed by atoms with Gasteiger partial charge in [0.1, 0.15) is 85.3 Å². The molecule has 6 N–H and O–H groups in total. The zero-order chi connectivity index (χ0) is 70.8. The highest BCUT2D eigenvalue weighted by Crippen LogP contribution is 2.40. The van der Waals surface area contributed by atoms with E-state index in [1.807, 2.05) is 101 Å². The largest absolute Gasteiger partial charge is 0.480 e. The molecular formula is C71H77F2N19O7S2. The Morgan fingerprint density at radius 3 is 1.50 bits per heavy atom. The first-order valence-electron chi connectivity index (χ1n) is 32.5. The van der Waals surface area contributed by atoms with Crippen LogP contribution in [0.3, 0.4) is 0 Å². The van der Waals surface area contributed by atoms with Gasteiger partial charge in [-0.1, -0.05) is 43.9 Å². The predicted octanol–water partition coefficient (Wildman–Crippen LogP) is 9.85. The fourth-order valence-electron chi connectivity index (χ4n) is 12.3. The summed E-state index contributed by atoms with van der Waals surface area (Å²) in [6, 6.07) is 23.4. The number of imidazole rings is 2. The highest BCUT2D eigenvalue weighted by Gasteiger charge is 2.41. The smallest absolute Gasteiger partial charge is 0.411 e. The lowest BCUT2D eigenvalue weighted by atomic mass is 9.91. The molecule has 4 saturated heterocycles. The molecule has 0 spiro atoms. The number of nitrogens with one attached hydrogen (secondary N) is 1. The van der Waals surface area contributed by atoms with Crippen molar-refractivity contribution in [1.82, 2.24) is 58.9 Å². The Hall–Kier alpha value is -10.5. The highest BCUT2D eigenvalue weighted by molar-refractivity contribution is 7.17. The first kappa shape index (κ1) is 71.8. The van der Waals surface area contributed by atoms with Crippen LogP contribution in [0.25, 0.3) is 56.1 Å². The number of carbonyl (C=O) groups is 3. The van der Waals surface area contributed by atoms with Crippen LogP contribution in [0.2, 0.25) is 0 Å². The molecule has 4 fully saturated rings. The molecule has 10 aromatic rings. The van der Waals surface area contributed by atoms with Crippen LogP contribution in [0, 0.1) is 40.2 Å². The minimum Gasteiger partial charge on any atom is -0.480 e. The number of aryl methyl sites for hydroxylation is 2. The molecule has 0 aliphatic carbocycles. The molecule has 524 valence electrons. The lowest BCUT2D eigenvalue weighted by molar-refractivity contribution is -0.142. The van der Waals surface area contributed by atoms with Crippen LogP contribution in [-0.2, 0) is 27.2 Å². The van der Waals surface area contributed by atoms with E-state index >= 15 is 0 Å². The molecule has 8 aromatic heterocycles. The van der Waals surface area contributed by atoms with Gasteiger partial charge in [-0.05, 0) is 113 Å². The number of carboxylic acids is 1. The van der Waals surface area contributed by atoms with Gasteiger partial charge >= 0.3 is 12.1 Å². The van der Waals surface area contributed by atoms with Crippen molar-refractivity contribution in [3.63, 3.8) is 0 Å². The normalized spacial score (nSPS) is 17.4. The summed E-state index contributed by atoms with van der Waals surface area (Å²) in [7, 11) is 3.82. The topological polar surface area (TPSA) is 335 Å². The number of nitriles is 2. The number of thiazole rings is 2. The number of ether oxygens (including phenoxy) is 1. The predicted molar refractivity (Wildman–Crippen MR) is 381 cm³/mol. The van der Waals surface area contributed by atoms with Crippen molar-refractivity contribution in [1.29, 1.82) is 10.5 Å². The summed E-state index contributed by atoms with van der Waals surface area (Å²) >= 11 is 2.57. The number of benzene rings is 2. The monoisotopic (exact) mass is 1410 g/mol. The summed E-state index contributed by atoms with van der Waals surface area (Å²) in [6.07, 6.45) is 11.8. The molecule has 4 aliphatic rings. The van der Waals surface area contributed by atoms with E-state index in [2.05, 4.69) is 54.1 Å². The molecule has 0 saturated carbocycles. The molecule has 4 aliphatic heterocycles. The highest BCUT2D eigenvalue weighted by atomic mass is 32.1. The third-order valence-electron chi connectivity index (χ3n) is 17.4. The van der Waals surface area contributed by atoms with Crippen molar-refractivity contribution in [2.75, 3.05) is 73.0 Å². The number of nitrogens with zero attached hydrogens (tertiary/aromatic N) is 17. The number of aromatic nitrogens is 10. The number of rotatable bonds is 16. The lowest BCUT2D eigenvalue weighted by Crippen LogP contribution is -2.56. The Labute approximate surface area is 589 Å². The number of halogens is 2. The van der Waals surface area contributed by atoms with Crippen molar-refractivity contribution in [3.05, 3.63) is 143 Å². The van der Waals surface area contributed by atoms with Gasteiger partial charge in [-0.25, -0.2) is 58.2 Å². The second-order valence-corrected chi connectivity index (χ2v) is 27.8. The van der Waals surface area contributed by atoms with E-state index in [-0.39, 0.29) is 55.8 Å². The van der Waals surface area contributed by atoms with Crippen LogP contribution in [0.15, 0.2) is 110 Å². The number of amides is 1. The van der Waals surface area contributed by atoms with E-state index in [0.717, 1.165) is 87.7 Å². The number of ketones is 1. The number of aliphatic carboxylic acids is 1. The molecule has 101 heavy (non-hydrogen) atoms. The van der Waals surface area contributed by atoms with Gasteiger partial charge in [-0.3, -0.25) is 18.5 Å². The number of aliphatic hydroxyl groups is 2. The molecule has 2 aromatic carbocycles. The first-order chi connectivity index (χ1) is 48.0. The molecule has 0 radical (unpaired) electrons. The second kappa shape index (κ2) is 30.2. The quantitative estimate of drug-likeness (QED) is 0.0600. The molecule has 0 bridgehead atoms. The Kier molecular flexibility index (Phi) is 21.4. The Balaban J connectivity index is 0.000000168. The number of hydrogen-bond acceptors (Lipinski definition) is 24. The number of β-amino-alcohol motifs (C(OH)–C–C–N with tert-alkyl or cyclic N) is 2. The van der Waals surface area contributed by atoms with E-state index in [4.69, 9.17) is 35.5 Å². The Morgan fingerprint density at radius 1 is 0.653 bits per heavy atom. The van der Waals surface area contributed by atoms with Crippen LogP contribution < -0.4 is 30.7 Å². The van der Waals surface area contributed by atoms with Crippen LogP contribution in [0.1, 0.15) is 82.4 Å². The number of fused-ring (bicyclic) bond motifs is 2. The molecule has 12 heterocycles. The van der Waals surface area contributed by atoms with E-state index in [1.54, 1.807) is 45.0 Å². The number of Topliss-reactive ketones (excluding diaryl/α,β-unsaturated/α-hetero) is 1. The van der Waals surface area contributed by atoms with Crippen LogP contribution in [0.5, 0.6) is 0 Å². The summed E-state index contributed by atoms with van der Waals surface area (Å²) in [6.45, 7) is 12.7. The fraction of sp³-hybridized carbons (Fsp3) is 0.366. The van der Waals surface area contributed by atoms with E-state index in [9.17, 15) is 43.9 Å². The van der Waals surface area contributed by atoms with Crippen molar-refractivity contribution in [2.24, 2.45) is 11.7 Å². The molecular weight excluding hydrogens is 1330 g/mol. The summed E-state index contributed by atoms with van der Waals surface area (Å²) in [5.41, 5.74) is 14.6. The van der Waals surface area contributed by atoms with Crippen LogP contribution in [-0.4, -0.2) is 176 Å². The van der Waals surface area contributed by atoms with Gasteiger partial charge in [0.05, 0.1) is 36.2 Å². The Bertz CT molecular complexity index is 4730. The summed E-state index contributed by atoms with van der Waals surface area (Å²) in [5.74, 6) is 1.63. The maximum absolute atomic E-state index is 13.5. The SMILES string of the molecule is C.CC(C)(C)OC(=O)N1C[C@@H](O)C[C@@H]1C(=O)O.CCc1nc2ccc(-c3cnc(N4CC(CC(=O)[C@H]5C[C@H](O)CN5)C4)nc3)cn2c1N(C)c1nc(-c2ccc(F)cc2)c(C#N)s1.CCc1nc2ccc(-c3cnc(N4CC(N)C4)nc3)cn2c1N(C)c1nc(-c2ccc(F)cc2)c(C#N)s1. The van der Waals surface area contributed by atoms with Gasteiger partial charge in [0.15, 0.2) is 10.3 Å². The zero-order valence-corrected chi connectivity index (χ0v) is 57.5. The molecule has 0 unspecified atom stereocenters. The number of hydrogen-bond donors (Lipinski definition) is 5. The maximum Gasteiger partial charge on any atom is 0.411 e. The number of nitrogens with two attached hydrogens (primary N) is 1. The van der Waals surface area contributed by atoms with Crippen molar-refractivity contribution >= 4 is 85.6 Å². The Morgan fingerprint density at radius 2 is 1.10 bits per heavy atom. The standard InChI is InChI=1S/C33H32FN9O2S.C27H24FN9S.C10H17NO5.CH4/c1-3-25-31(41(2)33-40-30(28(12-35)46-33)20-4-7-23(34)8-5-20)43-18-21(6-9-29(43)39-25)22-13-37-32(38-14-22)42-16-19(17-42)10-27(45)26-11-24(44)15-36-26;1-3-21-25(35(2)27-34-24(22(10-29)38-27)16-4-7-19(28)8-5-16)37-13-17(6-9-23(37)33-21)18-11-31-26(32-12-18)36-14-20(30)15-36;1-10(2,3)16-9(15)11-5-6(12)4-7(11)8(13)14;/h4-9,13-14,18-19,24,26,36,44H,3,10-11,15-17H2,1-2H3;4-9,11-13,20H,3,14-15,30H2,1-2H3;6-7,12H,4-5H2,1-3H3,(H,13,14);1H4/t24-,26+;;6-,7+;/m0.0./s1. The van der Waals surface area contributed by atoms with Crippen molar-refractivity contribution in [3.8, 4) is 56.9 Å². The minimum atomic E-state index is -1.12. The average Bonchev–Trinajstić information content (AvgIpc) is 1.66. The van der Waals surface area contributed by atoms with Gasteiger partial charge in [-0.15, -0.1) is 0 Å². The van der Waals surface area contributed by atoms with Gasteiger partial charge in [-0.2, -0.15) is 10.5 Å². The molecule has 1 amide bonds. The first-order valence-corrected chi connectivity index (χ1v) is 34.2. The van der Waals surface area contributed by atoms with E-state index in [0.29, 0.717) is 86.7 Å². The third kappa shape index (κ3) is 15.6. The number of aliphatic hydroxyl groups excluding tert-OH is 2. The van der Waals surface area contributed by atoms with Gasteiger partial charge in [0.25, 0.3) is 0 Å². The number of carbonyl (C=O) groups excluding carboxylic acids is 2. The average molecular weight is 1410 g/mol. The fourth-order valence-corrected chi connectivity index (χ4v) is 14.0. The number of carboxylic acid groups (broad SMARTS) is 1.